The molecule has 0 aliphatic carbocycles. The van der Waals surface area contributed by atoms with Gasteiger partial charge >= 0.3 is 5.97 Å². The second-order valence-electron chi connectivity index (χ2n) is 7.51. The lowest BCUT2D eigenvalue weighted by atomic mass is 10.2. The van der Waals surface area contributed by atoms with Gasteiger partial charge in [-0.25, -0.2) is 13.1 Å². The summed E-state index contributed by atoms with van der Waals surface area (Å²) in [6.45, 7) is 10.9. The maximum Gasteiger partial charge on any atom is 0.305 e. The quantitative estimate of drug-likeness (QED) is 0.256. The molecule has 0 aliphatic rings. The summed E-state index contributed by atoms with van der Waals surface area (Å²) in [7, 11) is -3.77. The maximum absolute atomic E-state index is 12.8. The van der Waals surface area contributed by atoms with E-state index in [-0.39, 0.29) is 41.9 Å². The zero-order chi connectivity index (χ0) is 25.3. The van der Waals surface area contributed by atoms with Gasteiger partial charge in [0.1, 0.15) is 5.76 Å². The fourth-order valence-electron chi connectivity index (χ4n) is 3.40. The fraction of sp³-hybridized carbons (Fsp3) is 0.500. The molecule has 0 atom stereocenters. The van der Waals surface area contributed by atoms with Crippen LogP contribution in [0.25, 0.3) is 16.5 Å². The second-order valence-corrected chi connectivity index (χ2v) is 9.25. The van der Waals surface area contributed by atoms with E-state index in [9.17, 15) is 18.0 Å². The Morgan fingerprint density at radius 1 is 1.15 bits per heavy atom. The number of likely N-dealkylation sites (N-methyl/N-ethyl adjacent to an activating group) is 1. The predicted molar refractivity (Wildman–Crippen MR) is 130 cm³/mol. The monoisotopic (exact) mass is 494 g/mol. The number of carbonyl (C=O) groups excluding carboxylic acids is 2. The summed E-state index contributed by atoms with van der Waals surface area (Å²) in [5.41, 5.74) is 0.821. The molecular weight excluding hydrogens is 460 g/mol. The Kier molecular flexibility index (Phi) is 10.1. The zero-order valence-corrected chi connectivity index (χ0v) is 21.3. The number of hydrogen-bond donors (Lipinski definition) is 1. The average Bonchev–Trinajstić information content (AvgIpc) is 3.23. The summed E-state index contributed by atoms with van der Waals surface area (Å²) in [5, 5.41) is 0.349. The van der Waals surface area contributed by atoms with Crippen molar-refractivity contribution in [2.24, 2.45) is 0 Å². The molecule has 2 rings (SSSR count). The highest BCUT2D eigenvalue weighted by atomic mass is 32.2. The third kappa shape index (κ3) is 6.83. The molecule has 1 amide bonds. The minimum atomic E-state index is -3.77. The van der Waals surface area contributed by atoms with Gasteiger partial charge in [0.25, 0.3) is 0 Å². The largest absolute Gasteiger partial charge is 0.490 e. The van der Waals surface area contributed by atoms with Gasteiger partial charge < -0.3 is 18.8 Å². The van der Waals surface area contributed by atoms with Crippen molar-refractivity contribution in [1.82, 2.24) is 9.62 Å². The number of carbonyl (C=O) groups is 2. The van der Waals surface area contributed by atoms with E-state index in [1.54, 1.807) is 31.7 Å². The molecule has 34 heavy (non-hydrogen) atoms. The Morgan fingerprint density at radius 3 is 2.47 bits per heavy atom. The van der Waals surface area contributed by atoms with Gasteiger partial charge in [0.2, 0.25) is 15.9 Å². The smallest absolute Gasteiger partial charge is 0.305 e. The predicted octanol–water partition coefficient (Wildman–Crippen LogP) is 3.72. The zero-order valence-electron chi connectivity index (χ0n) is 20.5. The van der Waals surface area contributed by atoms with Crippen LogP contribution in [0.15, 0.2) is 33.6 Å². The Hall–Kier alpha value is -2.85. The molecule has 1 heterocycles. The molecule has 0 radical (unpaired) electrons. The summed E-state index contributed by atoms with van der Waals surface area (Å²) in [5.74, 6) is 0.260. The second kappa shape index (κ2) is 12.6. The lowest BCUT2D eigenvalue weighted by Crippen LogP contribution is -2.28. The van der Waals surface area contributed by atoms with Crippen LogP contribution in [-0.4, -0.2) is 58.0 Å². The van der Waals surface area contributed by atoms with E-state index in [1.807, 2.05) is 13.8 Å². The van der Waals surface area contributed by atoms with Crippen LogP contribution in [0, 0.1) is 0 Å². The van der Waals surface area contributed by atoms with E-state index in [0.717, 1.165) is 0 Å². The molecule has 0 bridgehead atoms. The number of furan rings is 1. The SMILES string of the molecule is CCNS(=O)(=O)c1ccc(OCCCC(=O)OCC)c2oc(/C(C)=C/C(=O)N(CC)CC)cc12. The van der Waals surface area contributed by atoms with E-state index in [4.69, 9.17) is 13.9 Å². The number of allylic oxidation sites excluding steroid dienone is 1. The van der Waals surface area contributed by atoms with Crippen molar-refractivity contribution < 1.29 is 31.9 Å². The lowest BCUT2D eigenvalue weighted by Gasteiger charge is -2.16. The van der Waals surface area contributed by atoms with Crippen LogP contribution in [0.5, 0.6) is 5.75 Å². The van der Waals surface area contributed by atoms with Gasteiger partial charge in [-0.1, -0.05) is 6.92 Å². The van der Waals surface area contributed by atoms with Crippen molar-refractivity contribution in [2.45, 2.75) is 52.4 Å². The minimum absolute atomic E-state index is 0.0566. The van der Waals surface area contributed by atoms with Crippen molar-refractivity contribution in [3.8, 4) is 5.75 Å². The van der Waals surface area contributed by atoms with Crippen LogP contribution in [0.3, 0.4) is 0 Å². The number of esters is 1. The van der Waals surface area contributed by atoms with Gasteiger partial charge in [-0.05, 0) is 57.9 Å². The van der Waals surface area contributed by atoms with Crippen LogP contribution in [-0.2, 0) is 24.3 Å². The summed E-state index contributed by atoms with van der Waals surface area (Å²) < 4.78 is 44.7. The van der Waals surface area contributed by atoms with Gasteiger partial charge in [0.15, 0.2) is 11.3 Å². The molecule has 1 aromatic heterocycles. The van der Waals surface area contributed by atoms with Crippen LogP contribution in [0.2, 0.25) is 0 Å². The molecule has 0 saturated carbocycles. The number of amides is 1. The van der Waals surface area contributed by atoms with Crippen LogP contribution < -0.4 is 9.46 Å². The van der Waals surface area contributed by atoms with E-state index in [0.29, 0.717) is 48.6 Å². The van der Waals surface area contributed by atoms with Crippen LogP contribution in [0.4, 0.5) is 0 Å². The summed E-state index contributed by atoms with van der Waals surface area (Å²) in [6, 6.07) is 4.59. The van der Waals surface area contributed by atoms with Crippen LogP contribution in [0.1, 0.15) is 53.2 Å². The Balaban J connectivity index is 2.43. The highest BCUT2D eigenvalue weighted by Crippen LogP contribution is 2.36. The average molecular weight is 495 g/mol. The minimum Gasteiger partial charge on any atom is -0.490 e. The first-order valence-electron chi connectivity index (χ1n) is 11.5. The molecule has 0 unspecified atom stereocenters. The highest BCUT2D eigenvalue weighted by Gasteiger charge is 2.22. The number of rotatable bonds is 13. The van der Waals surface area contributed by atoms with Crippen molar-refractivity contribution in [2.75, 3.05) is 32.8 Å². The summed E-state index contributed by atoms with van der Waals surface area (Å²) >= 11 is 0. The van der Waals surface area contributed by atoms with Crippen molar-refractivity contribution in [3.63, 3.8) is 0 Å². The third-order valence-corrected chi connectivity index (χ3v) is 6.73. The number of nitrogens with one attached hydrogen (secondary N) is 1. The van der Waals surface area contributed by atoms with E-state index in [1.165, 1.54) is 18.2 Å². The first-order valence-corrected chi connectivity index (χ1v) is 13.0. The number of hydrogen-bond acceptors (Lipinski definition) is 7. The van der Waals surface area contributed by atoms with Gasteiger partial charge in [0, 0.05) is 37.5 Å². The summed E-state index contributed by atoms with van der Waals surface area (Å²) in [6.07, 6.45) is 2.12. The lowest BCUT2D eigenvalue weighted by molar-refractivity contribution is -0.143. The number of nitrogens with zero attached hydrogens (tertiary/aromatic N) is 1. The van der Waals surface area contributed by atoms with Crippen molar-refractivity contribution in [3.05, 3.63) is 30.0 Å². The number of benzene rings is 1. The van der Waals surface area contributed by atoms with Gasteiger partial charge in [0.05, 0.1) is 18.1 Å². The normalized spacial score (nSPS) is 12.1. The van der Waals surface area contributed by atoms with Crippen molar-refractivity contribution in [1.29, 1.82) is 0 Å². The first-order chi connectivity index (χ1) is 16.2. The molecule has 0 spiro atoms. The van der Waals surface area contributed by atoms with E-state index >= 15 is 0 Å². The van der Waals surface area contributed by atoms with Crippen molar-refractivity contribution >= 4 is 38.4 Å². The molecule has 1 aromatic carbocycles. The molecule has 0 fully saturated rings. The molecule has 0 saturated heterocycles. The third-order valence-electron chi connectivity index (χ3n) is 5.12. The molecular formula is C24H34N2O7S. The van der Waals surface area contributed by atoms with E-state index < -0.39 is 10.0 Å². The van der Waals surface area contributed by atoms with Gasteiger partial charge in [-0.3, -0.25) is 9.59 Å². The fourth-order valence-corrected chi connectivity index (χ4v) is 4.62. The molecule has 10 heteroatoms. The Labute approximate surface area is 201 Å². The maximum atomic E-state index is 12.8. The molecule has 2 aromatic rings. The van der Waals surface area contributed by atoms with Crippen LogP contribution >= 0.6 is 0 Å². The van der Waals surface area contributed by atoms with Gasteiger partial charge in [-0.15, -0.1) is 0 Å². The highest BCUT2D eigenvalue weighted by molar-refractivity contribution is 7.89. The van der Waals surface area contributed by atoms with E-state index in [2.05, 4.69) is 4.72 Å². The first kappa shape index (κ1) is 27.4. The topological polar surface area (TPSA) is 115 Å². The number of sulfonamides is 1. The summed E-state index contributed by atoms with van der Waals surface area (Å²) in [4.78, 5) is 25.8. The Bertz CT molecular complexity index is 1130. The number of fused-ring (bicyclic) bond motifs is 1. The standard InChI is InChI=1S/C24H34N2O7S/c1-6-25-34(29,30)21-13-12-19(32-14-10-11-23(28)31-9-4)24-18(21)16-20(33-24)17(5)15-22(27)26(7-2)8-3/h12-13,15-16,25H,6-11,14H2,1-5H3/b17-15+. The Morgan fingerprint density at radius 2 is 1.85 bits per heavy atom. The number of ether oxygens (including phenoxy) is 2. The van der Waals surface area contributed by atoms with Gasteiger partial charge in [-0.2, -0.15) is 0 Å². The molecule has 188 valence electrons. The molecule has 1 N–H and O–H groups in total. The molecule has 9 nitrogen and oxygen atoms in total. The molecule has 0 aliphatic heterocycles.